The molecule has 0 bridgehead atoms. The number of hydrogen-bond donors (Lipinski definition) is 1. The Morgan fingerprint density at radius 3 is 2.63 bits per heavy atom. The third-order valence-electron chi connectivity index (χ3n) is 3.68. The molecule has 1 aromatic heterocycles. The Balaban J connectivity index is 2.34. The van der Waals surface area contributed by atoms with Crippen LogP contribution in [0.4, 0.5) is 0 Å². The van der Waals surface area contributed by atoms with Gasteiger partial charge in [0.2, 0.25) is 0 Å². The van der Waals surface area contributed by atoms with E-state index in [2.05, 4.69) is 29.2 Å². The molecule has 0 amide bonds. The van der Waals surface area contributed by atoms with Crippen molar-refractivity contribution in [2.24, 2.45) is 0 Å². The number of para-hydroxylation sites is 1. The number of hydrogen-bond acceptors (Lipinski definition) is 1. The summed E-state index contributed by atoms with van der Waals surface area (Å²) in [6, 6.07) is 18.2. The van der Waals surface area contributed by atoms with E-state index in [1.165, 1.54) is 5.39 Å². The minimum atomic E-state index is 0.731. The lowest BCUT2D eigenvalue weighted by Crippen LogP contribution is -1.84. The number of H-pyrrole nitrogens is 1. The number of carbonyl (C=O) groups is 1. The third kappa shape index (κ3) is 1.34. The van der Waals surface area contributed by atoms with Crippen molar-refractivity contribution in [2.45, 2.75) is 0 Å². The van der Waals surface area contributed by atoms with E-state index in [0.29, 0.717) is 0 Å². The number of aromatic nitrogens is 1. The summed E-state index contributed by atoms with van der Waals surface area (Å²) < 4.78 is 0. The van der Waals surface area contributed by atoms with E-state index in [1.807, 2.05) is 30.3 Å². The van der Waals surface area contributed by atoms with E-state index in [1.54, 1.807) is 0 Å². The summed E-state index contributed by atoms with van der Waals surface area (Å²) in [5.41, 5.74) is 2.88. The van der Waals surface area contributed by atoms with Gasteiger partial charge in [0.25, 0.3) is 0 Å². The average Bonchev–Trinajstić information content (AvgIpc) is 2.85. The summed E-state index contributed by atoms with van der Waals surface area (Å²) in [6.45, 7) is 0. The van der Waals surface area contributed by atoms with Gasteiger partial charge < -0.3 is 4.98 Å². The van der Waals surface area contributed by atoms with Crippen molar-refractivity contribution < 1.29 is 4.79 Å². The first-order valence-electron chi connectivity index (χ1n) is 6.26. The van der Waals surface area contributed by atoms with Crippen LogP contribution < -0.4 is 0 Å². The predicted octanol–water partition coefficient (Wildman–Crippen LogP) is 4.29. The van der Waals surface area contributed by atoms with Gasteiger partial charge in [0.15, 0.2) is 6.29 Å². The fraction of sp³-hybridized carbons (Fsp3) is 0. The molecule has 0 atom stereocenters. The van der Waals surface area contributed by atoms with Gasteiger partial charge >= 0.3 is 0 Å². The van der Waals surface area contributed by atoms with Crippen LogP contribution in [0, 0.1) is 0 Å². The SMILES string of the molecule is O=Cc1cccc2ccc3c4ccccc4[nH]c3c12. The Hall–Kier alpha value is -2.61. The topological polar surface area (TPSA) is 32.9 Å². The summed E-state index contributed by atoms with van der Waals surface area (Å²) >= 11 is 0. The van der Waals surface area contributed by atoms with Gasteiger partial charge in [0, 0.05) is 27.2 Å². The zero-order valence-corrected chi connectivity index (χ0v) is 10.2. The number of nitrogens with one attached hydrogen (secondary N) is 1. The van der Waals surface area contributed by atoms with Gasteiger partial charge in [-0.25, -0.2) is 0 Å². The first-order valence-corrected chi connectivity index (χ1v) is 6.26. The second-order valence-electron chi connectivity index (χ2n) is 4.72. The van der Waals surface area contributed by atoms with Crippen LogP contribution in [0.1, 0.15) is 10.4 Å². The van der Waals surface area contributed by atoms with Crippen molar-refractivity contribution in [3.63, 3.8) is 0 Å². The molecule has 1 heterocycles. The molecule has 4 aromatic rings. The Labute approximate surface area is 109 Å². The molecule has 2 heteroatoms. The van der Waals surface area contributed by atoms with Crippen LogP contribution in [-0.4, -0.2) is 11.3 Å². The van der Waals surface area contributed by atoms with Gasteiger partial charge in [-0.3, -0.25) is 4.79 Å². The zero-order valence-electron chi connectivity index (χ0n) is 10.2. The molecule has 1 N–H and O–H groups in total. The number of rotatable bonds is 1. The van der Waals surface area contributed by atoms with Crippen molar-refractivity contribution in [1.29, 1.82) is 0 Å². The second kappa shape index (κ2) is 3.69. The van der Waals surface area contributed by atoms with Crippen molar-refractivity contribution in [1.82, 2.24) is 4.98 Å². The van der Waals surface area contributed by atoms with E-state index in [0.717, 1.165) is 39.0 Å². The third-order valence-corrected chi connectivity index (χ3v) is 3.68. The number of carbonyl (C=O) groups excluding carboxylic acids is 1. The maximum Gasteiger partial charge on any atom is 0.150 e. The van der Waals surface area contributed by atoms with E-state index in [9.17, 15) is 4.79 Å². The van der Waals surface area contributed by atoms with Crippen molar-refractivity contribution >= 4 is 38.9 Å². The van der Waals surface area contributed by atoms with Crippen LogP contribution in [0.3, 0.4) is 0 Å². The largest absolute Gasteiger partial charge is 0.354 e. The van der Waals surface area contributed by atoms with Gasteiger partial charge in [-0.15, -0.1) is 0 Å². The normalized spacial score (nSPS) is 11.4. The molecule has 0 saturated carbocycles. The van der Waals surface area contributed by atoms with Crippen LogP contribution in [0.2, 0.25) is 0 Å². The van der Waals surface area contributed by atoms with E-state index in [4.69, 9.17) is 0 Å². The van der Waals surface area contributed by atoms with Crippen LogP contribution in [0.5, 0.6) is 0 Å². The maximum atomic E-state index is 11.3. The van der Waals surface area contributed by atoms with Gasteiger partial charge in [-0.05, 0) is 11.5 Å². The highest BCUT2D eigenvalue weighted by Gasteiger charge is 2.09. The first kappa shape index (κ1) is 10.3. The summed E-state index contributed by atoms with van der Waals surface area (Å²) in [7, 11) is 0. The molecule has 3 aromatic carbocycles. The molecule has 19 heavy (non-hydrogen) atoms. The highest BCUT2D eigenvalue weighted by molar-refractivity contribution is 6.20. The van der Waals surface area contributed by atoms with Gasteiger partial charge in [-0.2, -0.15) is 0 Å². The van der Waals surface area contributed by atoms with Crippen LogP contribution in [-0.2, 0) is 0 Å². The molecular weight excluding hydrogens is 234 g/mol. The molecule has 0 spiro atoms. The molecule has 0 aliphatic carbocycles. The average molecular weight is 245 g/mol. The quantitative estimate of drug-likeness (QED) is 0.499. The van der Waals surface area contributed by atoms with Crippen molar-refractivity contribution in [3.8, 4) is 0 Å². The number of benzene rings is 3. The van der Waals surface area contributed by atoms with E-state index >= 15 is 0 Å². The second-order valence-corrected chi connectivity index (χ2v) is 4.72. The Kier molecular flexibility index (Phi) is 2.00. The van der Waals surface area contributed by atoms with Gasteiger partial charge in [-0.1, -0.05) is 48.5 Å². The van der Waals surface area contributed by atoms with Gasteiger partial charge in [0.05, 0.1) is 5.52 Å². The van der Waals surface area contributed by atoms with Crippen molar-refractivity contribution in [2.75, 3.05) is 0 Å². The monoisotopic (exact) mass is 245 g/mol. The van der Waals surface area contributed by atoms with E-state index < -0.39 is 0 Å². The molecule has 0 radical (unpaired) electrons. The Morgan fingerprint density at radius 2 is 1.74 bits per heavy atom. The predicted molar refractivity (Wildman–Crippen MR) is 78.7 cm³/mol. The van der Waals surface area contributed by atoms with Crippen LogP contribution in [0.25, 0.3) is 32.6 Å². The lowest BCUT2D eigenvalue weighted by Gasteiger charge is -2.02. The first-order chi connectivity index (χ1) is 9.38. The minimum Gasteiger partial charge on any atom is -0.354 e. The Bertz CT molecular complexity index is 934. The molecule has 0 aliphatic rings. The number of aldehydes is 1. The van der Waals surface area contributed by atoms with E-state index in [-0.39, 0.29) is 0 Å². The molecule has 0 fully saturated rings. The number of fused-ring (bicyclic) bond motifs is 5. The maximum absolute atomic E-state index is 11.3. The summed E-state index contributed by atoms with van der Waals surface area (Å²) in [4.78, 5) is 14.7. The highest BCUT2D eigenvalue weighted by Crippen LogP contribution is 2.32. The molecule has 90 valence electrons. The minimum absolute atomic E-state index is 0.731. The zero-order chi connectivity index (χ0) is 12.8. The number of aromatic amines is 1. The van der Waals surface area contributed by atoms with Crippen molar-refractivity contribution in [3.05, 3.63) is 60.2 Å². The summed E-state index contributed by atoms with van der Waals surface area (Å²) in [6.07, 6.45) is 0.924. The molecule has 0 aliphatic heterocycles. The molecule has 4 rings (SSSR count). The standard InChI is InChI=1S/C17H11NO/c19-10-12-5-3-4-11-8-9-14-13-6-1-2-7-15(13)18-17(14)16(11)12/h1-10,18H. The lowest BCUT2D eigenvalue weighted by atomic mass is 10.0. The summed E-state index contributed by atoms with van der Waals surface area (Å²) in [5, 5.41) is 4.45. The molecule has 0 unspecified atom stereocenters. The molecule has 0 saturated heterocycles. The molecular formula is C17H11NO. The summed E-state index contributed by atoms with van der Waals surface area (Å²) in [5.74, 6) is 0. The fourth-order valence-corrected chi connectivity index (χ4v) is 2.82. The Morgan fingerprint density at radius 1 is 0.842 bits per heavy atom. The molecule has 2 nitrogen and oxygen atoms in total. The van der Waals surface area contributed by atoms with Crippen LogP contribution in [0.15, 0.2) is 54.6 Å². The smallest absolute Gasteiger partial charge is 0.150 e. The highest BCUT2D eigenvalue weighted by atomic mass is 16.1. The van der Waals surface area contributed by atoms with Gasteiger partial charge in [0.1, 0.15) is 0 Å². The van der Waals surface area contributed by atoms with Crippen LogP contribution >= 0.6 is 0 Å². The lowest BCUT2D eigenvalue weighted by molar-refractivity contribution is 0.112. The fourth-order valence-electron chi connectivity index (χ4n) is 2.82.